The first kappa shape index (κ1) is 15.5. The number of halogens is 1. The van der Waals surface area contributed by atoms with E-state index in [2.05, 4.69) is 17.1 Å². The van der Waals surface area contributed by atoms with Gasteiger partial charge in [-0.25, -0.2) is 8.42 Å². The molecule has 1 heterocycles. The molecule has 1 aromatic rings. The highest BCUT2D eigenvalue weighted by Gasteiger charge is 2.27. The summed E-state index contributed by atoms with van der Waals surface area (Å²) in [5.74, 6) is -0.264. The van der Waals surface area contributed by atoms with Crippen molar-refractivity contribution >= 4 is 44.5 Å². The van der Waals surface area contributed by atoms with E-state index >= 15 is 0 Å². The minimum atomic E-state index is -3.38. The Morgan fingerprint density at radius 3 is 2.50 bits per heavy atom. The van der Waals surface area contributed by atoms with Crippen molar-refractivity contribution in [2.75, 3.05) is 36.8 Å². The summed E-state index contributed by atoms with van der Waals surface area (Å²) in [6, 6.07) is 7.54. The molecule has 1 fully saturated rings. The third-order valence-electron chi connectivity index (χ3n) is 3.13. The predicted octanol–water partition coefficient (Wildman–Crippen LogP) is 1.08. The Hall–Kier alpha value is -0.890. The summed E-state index contributed by atoms with van der Waals surface area (Å²) in [5, 5.41) is 0.672. The van der Waals surface area contributed by atoms with E-state index in [1.807, 2.05) is 24.3 Å². The number of sulfonamides is 1. The van der Waals surface area contributed by atoms with Crippen molar-refractivity contribution in [1.29, 1.82) is 0 Å². The molecule has 0 atom stereocenters. The monoisotopic (exact) mass is 333 g/mol. The Bertz CT molecular complexity index is 598. The fourth-order valence-corrected chi connectivity index (χ4v) is 4.06. The Morgan fingerprint density at radius 1 is 1.30 bits per heavy atom. The SMILES string of the molecule is NC(=S)CS(=O)(=O)N1CCN(c2cccc(Cl)c2)CC1. The molecule has 110 valence electrons. The molecule has 0 aromatic heterocycles. The average molecular weight is 334 g/mol. The molecule has 2 N–H and O–H groups in total. The highest BCUT2D eigenvalue weighted by Crippen LogP contribution is 2.21. The summed E-state index contributed by atoms with van der Waals surface area (Å²) in [5.41, 5.74) is 6.32. The van der Waals surface area contributed by atoms with E-state index in [4.69, 9.17) is 17.3 Å². The van der Waals surface area contributed by atoms with Gasteiger partial charge in [0.25, 0.3) is 0 Å². The van der Waals surface area contributed by atoms with Gasteiger partial charge in [-0.05, 0) is 18.2 Å². The molecule has 0 bridgehead atoms. The summed E-state index contributed by atoms with van der Waals surface area (Å²) in [6.07, 6.45) is 0. The molecule has 1 aliphatic rings. The molecule has 1 saturated heterocycles. The molecular weight excluding hydrogens is 318 g/mol. The number of rotatable bonds is 4. The number of hydrogen-bond donors (Lipinski definition) is 1. The Balaban J connectivity index is 2.01. The van der Waals surface area contributed by atoms with E-state index in [9.17, 15) is 8.42 Å². The lowest BCUT2D eigenvalue weighted by Crippen LogP contribution is -2.50. The second kappa shape index (κ2) is 6.26. The van der Waals surface area contributed by atoms with Gasteiger partial charge in [0.15, 0.2) is 0 Å². The van der Waals surface area contributed by atoms with Crippen molar-refractivity contribution in [1.82, 2.24) is 4.31 Å². The van der Waals surface area contributed by atoms with Crippen LogP contribution in [0.3, 0.4) is 0 Å². The van der Waals surface area contributed by atoms with Crippen molar-refractivity contribution in [3.8, 4) is 0 Å². The van der Waals surface area contributed by atoms with Gasteiger partial charge in [-0.1, -0.05) is 29.9 Å². The number of nitrogens with zero attached hydrogens (tertiary/aromatic N) is 2. The summed E-state index contributed by atoms with van der Waals surface area (Å²) in [6.45, 7) is 2.10. The van der Waals surface area contributed by atoms with Crippen molar-refractivity contribution < 1.29 is 8.42 Å². The molecule has 0 spiro atoms. The van der Waals surface area contributed by atoms with E-state index in [1.165, 1.54) is 4.31 Å². The normalized spacial score (nSPS) is 17.1. The first-order chi connectivity index (χ1) is 9.38. The predicted molar refractivity (Wildman–Crippen MR) is 85.8 cm³/mol. The summed E-state index contributed by atoms with van der Waals surface area (Å²) >= 11 is 10.6. The largest absolute Gasteiger partial charge is 0.392 e. The molecule has 0 radical (unpaired) electrons. The van der Waals surface area contributed by atoms with E-state index in [-0.39, 0.29) is 10.7 Å². The maximum atomic E-state index is 12.0. The van der Waals surface area contributed by atoms with E-state index in [0.717, 1.165) is 5.69 Å². The fourth-order valence-electron chi connectivity index (χ4n) is 2.17. The standard InChI is InChI=1S/C12H16ClN3O2S2/c13-10-2-1-3-11(8-10)15-4-6-16(7-5-15)20(17,18)9-12(14)19/h1-3,8H,4-7,9H2,(H2,14,19). The molecule has 0 unspecified atom stereocenters. The zero-order valence-corrected chi connectivity index (χ0v) is 13.2. The van der Waals surface area contributed by atoms with Crippen molar-refractivity contribution in [2.24, 2.45) is 5.73 Å². The fraction of sp³-hybridized carbons (Fsp3) is 0.417. The molecule has 0 aliphatic carbocycles. The van der Waals surface area contributed by atoms with Crippen molar-refractivity contribution in [3.63, 3.8) is 0 Å². The van der Waals surface area contributed by atoms with Crippen LogP contribution in [0.2, 0.25) is 5.02 Å². The van der Waals surface area contributed by atoms with Gasteiger partial charge in [0, 0.05) is 36.9 Å². The molecule has 5 nitrogen and oxygen atoms in total. The minimum absolute atomic E-state index is 0.00210. The maximum Gasteiger partial charge on any atom is 0.220 e. The summed E-state index contributed by atoms with van der Waals surface area (Å²) < 4.78 is 25.5. The van der Waals surface area contributed by atoms with Crippen LogP contribution < -0.4 is 10.6 Å². The topological polar surface area (TPSA) is 66.6 Å². The van der Waals surface area contributed by atoms with Crippen LogP contribution in [-0.2, 0) is 10.0 Å². The molecule has 0 saturated carbocycles. The lowest BCUT2D eigenvalue weighted by Gasteiger charge is -2.35. The van der Waals surface area contributed by atoms with Gasteiger partial charge >= 0.3 is 0 Å². The number of piperazine rings is 1. The Labute approximate surface area is 129 Å². The van der Waals surface area contributed by atoms with E-state index < -0.39 is 10.0 Å². The minimum Gasteiger partial charge on any atom is -0.392 e. The van der Waals surface area contributed by atoms with Gasteiger partial charge in [0.1, 0.15) is 5.75 Å². The third-order valence-corrected chi connectivity index (χ3v) is 5.52. The van der Waals surface area contributed by atoms with Crippen LogP contribution in [0.1, 0.15) is 0 Å². The number of nitrogens with two attached hydrogens (primary N) is 1. The number of hydrogen-bond acceptors (Lipinski definition) is 4. The molecule has 0 amide bonds. The number of thiocarbonyl (C=S) groups is 1. The molecular formula is C12H16ClN3O2S2. The lowest BCUT2D eigenvalue weighted by atomic mass is 10.2. The van der Waals surface area contributed by atoms with Crippen molar-refractivity contribution in [2.45, 2.75) is 0 Å². The number of benzene rings is 1. The van der Waals surface area contributed by atoms with Crippen LogP contribution >= 0.6 is 23.8 Å². The highest BCUT2D eigenvalue weighted by atomic mass is 35.5. The average Bonchev–Trinajstić information content (AvgIpc) is 2.37. The van der Waals surface area contributed by atoms with Crippen molar-refractivity contribution in [3.05, 3.63) is 29.3 Å². The van der Waals surface area contributed by atoms with Gasteiger partial charge in [-0.15, -0.1) is 0 Å². The van der Waals surface area contributed by atoms with E-state index in [1.54, 1.807) is 0 Å². The zero-order chi connectivity index (χ0) is 14.8. The van der Waals surface area contributed by atoms with Crippen LogP contribution in [0.25, 0.3) is 0 Å². The quantitative estimate of drug-likeness (QED) is 0.835. The Morgan fingerprint density at radius 2 is 1.95 bits per heavy atom. The van der Waals surface area contributed by atoms with Crippen LogP contribution in [0.5, 0.6) is 0 Å². The third kappa shape index (κ3) is 3.82. The molecule has 2 rings (SSSR count). The van der Waals surface area contributed by atoms with Gasteiger partial charge in [-0.3, -0.25) is 0 Å². The second-order valence-corrected chi connectivity index (χ2v) is 7.52. The summed E-state index contributed by atoms with van der Waals surface area (Å²) in [4.78, 5) is 2.11. The van der Waals surface area contributed by atoms with Gasteiger partial charge in [0.05, 0.1) is 4.99 Å². The molecule has 20 heavy (non-hydrogen) atoms. The molecule has 8 heteroatoms. The van der Waals surface area contributed by atoms with Crippen LogP contribution in [0.4, 0.5) is 5.69 Å². The van der Waals surface area contributed by atoms with E-state index in [0.29, 0.717) is 31.2 Å². The highest BCUT2D eigenvalue weighted by molar-refractivity contribution is 7.92. The van der Waals surface area contributed by atoms with Gasteiger partial charge in [0.2, 0.25) is 10.0 Å². The first-order valence-corrected chi connectivity index (χ1v) is 8.55. The smallest absolute Gasteiger partial charge is 0.220 e. The number of anilines is 1. The first-order valence-electron chi connectivity index (χ1n) is 6.15. The summed E-state index contributed by atoms with van der Waals surface area (Å²) in [7, 11) is -3.38. The maximum absolute atomic E-state index is 12.0. The van der Waals surface area contributed by atoms with Gasteiger partial charge in [-0.2, -0.15) is 4.31 Å². The van der Waals surface area contributed by atoms with Crippen LogP contribution in [0.15, 0.2) is 24.3 Å². The lowest BCUT2D eigenvalue weighted by molar-refractivity contribution is 0.387. The zero-order valence-electron chi connectivity index (χ0n) is 10.8. The second-order valence-electron chi connectivity index (χ2n) is 4.59. The molecule has 1 aliphatic heterocycles. The van der Waals surface area contributed by atoms with Crippen LogP contribution in [0, 0.1) is 0 Å². The molecule has 1 aromatic carbocycles. The van der Waals surface area contributed by atoms with Crippen LogP contribution in [-0.4, -0.2) is 49.6 Å². The van der Waals surface area contributed by atoms with Gasteiger partial charge < -0.3 is 10.6 Å². The Kier molecular flexibility index (Phi) is 4.85.